The fourth-order valence-corrected chi connectivity index (χ4v) is 5.21. The molecule has 0 heterocycles. The predicted molar refractivity (Wildman–Crippen MR) is 132 cm³/mol. The summed E-state index contributed by atoms with van der Waals surface area (Å²) >= 11 is 0. The molecule has 34 heavy (non-hydrogen) atoms. The van der Waals surface area contributed by atoms with Gasteiger partial charge in [0.1, 0.15) is 5.82 Å². The molecule has 1 nitrogen and oxygen atoms in total. The van der Waals surface area contributed by atoms with E-state index in [9.17, 15) is 13.2 Å². The van der Waals surface area contributed by atoms with Crippen LogP contribution in [0.2, 0.25) is 0 Å². The Bertz CT molecular complexity index is 1070. The van der Waals surface area contributed by atoms with Gasteiger partial charge >= 0.3 is 0 Å². The molecular weight excluding hydrogens is 433 g/mol. The lowest BCUT2D eigenvalue weighted by molar-refractivity contribution is 0.184. The average molecular weight is 467 g/mol. The molecule has 4 rings (SSSR count). The summed E-state index contributed by atoms with van der Waals surface area (Å²) in [5, 5.41) is 0. The van der Waals surface area contributed by atoms with Gasteiger partial charge in [0, 0.05) is 0 Å². The number of aryl methyl sites for hydroxylation is 2. The highest BCUT2D eigenvalue weighted by molar-refractivity contribution is 5.64. The van der Waals surface area contributed by atoms with Crippen LogP contribution in [-0.2, 0) is 12.8 Å². The van der Waals surface area contributed by atoms with Gasteiger partial charge in [-0.25, -0.2) is 13.2 Å². The fourth-order valence-electron chi connectivity index (χ4n) is 5.21. The quantitative estimate of drug-likeness (QED) is 0.306. The highest BCUT2D eigenvalue weighted by Crippen LogP contribution is 2.38. The molecule has 1 aliphatic carbocycles. The molecule has 0 aromatic heterocycles. The number of hydrogen-bond donors (Lipinski definition) is 0. The Kier molecular flexibility index (Phi) is 8.31. The van der Waals surface area contributed by atoms with E-state index >= 15 is 0 Å². The molecule has 0 radical (unpaired) electrons. The van der Waals surface area contributed by atoms with Crippen LogP contribution in [0, 0.1) is 17.6 Å². The van der Waals surface area contributed by atoms with Crippen LogP contribution in [0.1, 0.15) is 68.1 Å². The first-order valence-electron chi connectivity index (χ1n) is 12.4. The molecule has 0 unspecified atom stereocenters. The Hall–Kier alpha value is -2.75. The van der Waals surface area contributed by atoms with E-state index in [1.807, 2.05) is 30.3 Å². The predicted octanol–water partition coefficient (Wildman–Crippen LogP) is 8.80. The minimum absolute atomic E-state index is 0.0971. The minimum atomic E-state index is -1.06. The summed E-state index contributed by atoms with van der Waals surface area (Å²) in [5.41, 5.74) is 4.55. The highest BCUT2D eigenvalue weighted by Gasteiger charge is 2.22. The summed E-state index contributed by atoms with van der Waals surface area (Å²) in [5.74, 6) is 0.556. The van der Waals surface area contributed by atoms with Gasteiger partial charge in [-0.3, -0.25) is 0 Å². The summed E-state index contributed by atoms with van der Waals surface area (Å²) < 4.78 is 45.8. The number of alkyl halides is 1. The van der Waals surface area contributed by atoms with E-state index in [0.29, 0.717) is 17.9 Å². The van der Waals surface area contributed by atoms with Crippen molar-refractivity contribution in [3.63, 3.8) is 0 Å². The fraction of sp³-hybridized carbons (Fsp3) is 0.400. The molecule has 1 aliphatic rings. The molecule has 3 aromatic carbocycles. The molecule has 1 fully saturated rings. The van der Waals surface area contributed by atoms with Crippen LogP contribution in [0.25, 0.3) is 11.1 Å². The zero-order chi connectivity index (χ0) is 23.9. The first-order chi connectivity index (χ1) is 16.6. The lowest BCUT2D eigenvalue weighted by Crippen LogP contribution is -2.13. The van der Waals surface area contributed by atoms with Crippen molar-refractivity contribution < 1.29 is 17.9 Å². The summed E-state index contributed by atoms with van der Waals surface area (Å²) in [4.78, 5) is 0. The van der Waals surface area contributed by atoms with Crippen LogP contribution >= 0.6 is 0 Å². The van der Waals surface area contributed by atoms with Crippen molar-refractivity contribution in [2.24, 2.45) is 5.92 Å². The highest BCUT2D eigenvalue weighted by atomic mass is 19.1. The Balaban J connectivity index is 1.34. The largest absolute Gasteiger partial charge is 0.460 e. The van der Waals surface area contributed by atoms with E-state index in [0.717, 1.165) is 34.6 Å². The molecule has 0 bridgehead atoms. The molecule has 180 valence electrons. The van der Waals surface area contributed by atoms with Crippen LogP contribution < -0.4 is 4.74 Å². The number of rotatable bonds is 9. The number of benzene rings is 3. The Morgan fingerprint density at radius 2 is 1.53 bits per heavy atom. The maximum Gasteiger partial charge on any atom is 0.228 e. The first kappa shape index (κ1) is 24.4. The third kappa shape index (κ3) is 6.02. The maximum absolute atomic E-state index is 14.8. The zero-order valence-electron chi connectivity index (χ0n) is 19.8. The standard InChI is InChI=1S/C30H33F3O/c1-2-3-21-4-9-23(10-5-21)26-15-14-25(28(32)18-26)13-8-22-6-11-24(12-7-22)27-16-17-30(34-20-31)29(33)19-27/h6-7,11-12,14-19,21,23H,2-5,8-10,13,20H2,1H3. The van der Waals surface area contributed by atoms with Crippen molar-refractivity contribution in [1.82, 2.24) is 0 Å². The average Bonchev–Trinajstić information content (AvgIpc) is 2.86. The summed E-state index contributed by atoms with van der Waals surface area (Å²) in [6.45, 7) is 1.19. The molecule has 0 amide bonds. The van der Waals surface area contributed by atoms with Gasteiger partial charge in [0.15, 0.2) is 11.6 Å². The van der Waals surface area contributed by atoms with E-state index in [2.05, 4.69) is 17.7 Å². The van der Waals surface area contributed by atoms with Gasteiger partial charge in [0.2, 0.25) is 6.86 Å². The van der Waals surface area contributed by atoms with Crippen molar-refractivity contribution >= 4 is 0 Å². The van der Waals surface area contributed by atoms with Crippen molar-refractivity contribution in [3.05, 3.63) is 89.0 Å². The second-order valence-corrected chi connectivity index (χ2v) is 9.45. The lowest BCUT2D eigenvalue weighted by atomic mass is 9.77. The van der Waals surface area contributed by atoms with Gasteiger partial charge in [0.05, 0.1) is 0 Å². The molecule has 1 saturated carbocycles. The second-order valence-electron chi connectivity index (χ2n) is 9.45. The van der Waals surface area contributed by atoms with Crippen molar-refractivity contribution in [2.75, 3.05) is 6.86 Å². The second kappa shape index (κ2) is 11.6. The van der Waals surface area contributed by atoms with Crippen LogP contribution in [-0.4, -0.2) is 6.86 Å². The molecule has 0 spiro atoms. The smallest absolute Gasteiger partial charge is 0.228 e. The Morgan fingerprint density at radius 1 is 0.794 bits per heavy atom. The number of hydrogen-bond acceptors (Lipinski definition) is 1. The normalized spacial score (nSPS) is 18.1. The Labute approximate surface area is 201 Å². The number of halogens is 3. The molecule has 0 atom stereocenters. The summed E-state index contributed by atoms with van der Waals surface area (Å²) in [6.07, 6.45) is 8.81. The van der Waals surface area contributed by atoms with E-state index in [1.54, 1.807) is 12.1 Å². The minimum Gasteiger partial charge on any atom is -0.460 e. The number of ether oxygens (including phenoxy) is 1. The molecular formula is C30H33F3O. The summed E-state index contributed by atoms with van der Waals surface area (Å²) in [6, 6.07) is 18.1. The van der Waals surface area contributed by atoms with Gasteiger partial charge in [0.25, 0.3) is 0 Å². The monoisotopic (exact) mass is 466 g/mol. The van der Waals surface area contributed by atoms with Crippen LogP contribution in [0.3, 0.4) is 0 Å². The van der Waals surface area contributed by atoms with E-state index in [4.69, 9.17) is 0 Å². The van der Waals surface area contributed by atoms with Gasteiger partial charge in [-0.05, 0) is 96.4 Å². The van der Waals surface area contributed by atoms with Gasteiger partial charge < -0.3 is 4.74 Å². The van der Waals surface area contributed by atoms with E-state index in [-0.39, 0.29) is 11.6 Å². The molecule has 0 aliphatic heterocycles. The van der Waals surface area contributed by atoms with Gasteiger partial charge in [-0.1, -0.05) is 62.2 Å². The van der Waals surface area contributed by atoms with E-state index < -0.39 is 12.7 Å². The van der Waals surface area contributed by atoms with Crippen LogP contribution in [0.15, 0.2) is 60.7 Å². The van der Waals surface area contributed by atoms with Gasteiger partial charge in [-0.15, -0.1) is 0 Å². The third-order valence-corrected chi connectivity index (χ3v) is 7.20. The SMILES string of the molecule is CCCC1CCC(c2ccc(CCc3ccc(-c4ccc(OCF)c(F)c4)cc3)c(F)c2)CC1. The molecule has 3 aromatic rings. The van der Waals surface area contributed by atoms with Gasteiger partial charge in [-0.2, -0.15) is 0 Å². The van der Waals surface area contributed by atoms with Crippen LogP contribution in [0.5, 0.6) is 5.75 Å². The van der Waals surface area contributed by atoms with Crippen LogP contribution in [0.4, 0.5) is 13.2 Å². The molecule has 0 N–H and O–H groups in total. The summed E-state index contributed by atoms with van der Waals surface area (Å²) in [7, 11) is 0. The van der Waals surface area contributed by atoms with Crippen molar-refractivity contribution in [2.45, 2.75) is 64.2 Å². The molecule has 4 heteroatoms. The van der Waals surface area contributed by atoms with E-state index in [1.165, 1.54) is 50.7 Å². The lowest BCUT2D eigenvalue weighted by Gasteiger charge is -2.28. The topological polar surface area (TPSA) is 9.23 Å². The Morgan fingerprint density at radius 3 is 2.18 bits per heavy atom. The first-order valence-corrected chi connectivity index (χ1v) is 12.4. The van der Waals surface area contributed by atoms with Crippen molar-refractivity contribution in [1.29, 1.82) is 0 Å². The molecule has 0 saturated heterocycles. The third-order valence-electron chi connectivity index (χ3n) is 7.20. The maximum atomic E-state index is 14.8. The zero-order valence-corrected chi connectivity index (χ0v) is 19.8. The van der Waals surface area contributed by atoms with Crippen molar-refractivity contribution in [3.8, 4) is 16.9 Å².